The third-order valence-corrected chi connectivity index (χ3v) is 6.08. The van der Waals surface area contributed by atoms with Gasteiger partial charge in [-0.25, -0.2) is 13.1 Å². The van der Waals surface area contributed by atoms with Crippen molar-refractivity contribution in [1.82, 2.24) is 4.72 Å². The standard InChI is InChI=1S/C19H23BrN2O4S/c1-5-13-10-15(20)9-12(3)18(13)22-19(23)14-7-8-16(26-4)17(11-14)27(24,25)21-6-2/h7-11,21H,5-6H2,1-4H3,(H,22,23). The van der Waals surface area contributed by atoms with Gasteiger partial charge in [0.2, 0.25) is 10.0 Å². The Hall–Kier alpha value is -1.90. The van der Waals surface area contributed by atoms with Crippen molar-refractivity contribution in [1.29, 1.82) is 0 Å². The summed E-state index contributed by atoms with van der Waals surface area (Å²) >= 11 is 3.46. The first-order valence-corrected chi connectivity index (χ1v) is 10.8. The minimum atomic E-state index is -3.77. The highest BCUT2D eigenvalue weighted by atomic mass is 79.9. The van der Waals surface area contributed by atoms with Gasteiger partial charge in [-0.3, -0.25) is 4.79 Å². The maximum Gasteiger partial charge on any atom is 0.255 e. The molecule has 1 amide bonds. The molecule has 0 heterocycles. The quantitative estimate of drug-likeness (QED) is 0.664. The Morgan fingerprint density at radius 2 is 1.89 bits per heavy atom. The van der Waals surface area contributed by atoms with Crippen LogP contribution in [0.3, 0.4) is 0 Å². The Balaban J connectivity index is 2.44. The first-order valence-electron chi connectivity index (χ1n) is 8.51. The summed E-state index contributed by atoms with van der Waals surface area (Å²) in [6.07, 6.45) is 0.749. The molecule has 0 atom stereocenters. The van der Waals surface area contributed by atoms with Crippen LogP contribution in [0.25, 0.3) is 0 Å². The second kappa shape index (κ2) is 8.86. The van der Waals surface area contributed by atoms with E-state index < -0.39 is 10.0 Å². The van der Waals surface area contributed by atoms with Gasteiger partial charge in [0.15, 0.2) is 0 Å². The highest BCUT2D eigenvalue weighted by molar-refractivity contribution is 9.10. The SMILES string of the molecule is CCNS(=O)(=O)c1cc(C(=O)Nc2c(C)cc(Br)cc2CC)ccc1OC. The highest BCUT2D eigenvalue weighted by Crippen LogP contribution is 2.28. The molecule has 2 rings (SSSR count). The minimum Gasteiger partial charge on any atom is -0.495 e. The first-order chi connectivity index (χ1) is 12.7. The van der Waals surface area contributed by atoms with Gasteiger partial charge >= 0.3 is 0 Å². The molecule has 0 unspecified atom stereocenters. The lowest BCUT2D eigenvalue weighted by Gasteiger charge is -2.15. The molecule has 0 fully saturated rings. The molecule has 146 valence electrons. The number of aryl methyl sites for hydroxylation is 2. The minimum absolute atomic E-state index is 0.0669. The van der Waals surface area contributed by atoms with Gasteiger partial charge in [0, 0.05) is 22.3 Å². The number of ether oxygens (including phenoxy) is 1. The van der Waals surface area contributed by atoms with E-state index in [1.165, 1.54) is 19.2 Å². The van der Waals surface area contributed by atoms with Gasteiger partial charge in [0.05, 0.1) is 7.11 Å². The summed E-state index contributed by atoms with van der Waals surface area (Å²) in [6.45, 7) is 5.84. The summed E-state index contributed by atoms with van der Waals surface area (Å²) in [5, 5.41) is 2.91. The third kappa shape index (κ3) is 4.88. The molecule has 2 aromatic carbocycles. The van der Waals surface area contributed by atoms with E-state index in [-0.39, 0.29) is 28.7 Å². The fraction of sp³-hybridized carbons (Fsp3) is 0.316. The third-order valence-electron chi connectivity index (χ3n) is 4.05. The van der Waals surface area contributed by atoms with E-state index >= 15 is 0 Å². The fourth-order valence-electron chi connectivity index (χ4n) is 2.75. The molecule has 0 aromatic heterocycles. The molecule has 0 saturated heterocycles. The maximum atomic E-state index is 12.8. The number of hydrogen-bond donors (Lipinski definition) is 2. The van der Waals surface area contributed by atoms with Crippen molar-refractivity contribution < 1.29 is 17.9 Å². The van der Waals surface area contributed by atoms with Crippen LogP contribution in [0.5, 0.6) is 5.75 Å². The van der Waals surface area contributed by atoms with Gasteiger partial charge < -0.3 is 10.1 Å². The number of halogens is 1. The van der Waals surface area contributed by atoms with Crippen molar-refractivity contribution in [2.24, 2.45) is 0 Å². The van der Waals surface area contributed by atoms with Crippen molar-refractivity contribution in [3.8, 4) is 5.75 Å². The van der Waals surface area contributed by atoms with Gasteiger partial charge in [-0.2, -0.15) is 0 Å². The number of rotatable bonds is 7. The van der Waals surface area contributed by atoms with Crippen LogP contribution in [0.1, 0.15) is 35.3 Å². The Bertz CT molecular complexity index is 958. The Labute approximate surface area is 168 Å². The van der Waals surface area contributed by atoms with Crippen LogP contribution in [-0.4, -0.2) is 28.0 Å². The van der Waals surface area contributed by atoms with Crippen LogP contribution in [0.2, 0.25) is 0 Å². The maximum absolute atomic E-state index is 12.8. The first kappa shape index (κ1) is 21.4. The summed E-state index contributed by atoms with van der Waals surface area (Å²) in [5.41, 5.74) is 2.88. The largest absolute Gasteiger partial charge is 0.495 e. The van der Waals surface area contributed by atoms with Gasteiger partial charge in [0.25, 0.3) is 5.91 Å². The summed E-state index contributed by atoms with van der Waals surface area (Å²) in [4.78, 5) is 12.7. The molecular formula is C19H23BrN2O4S. The highest BCUT2D eigenvalue weighted by Gasteiger charge is 2.21. The molecule has 27 heavy (non-hydrogen) atoms. The summed E-state index contributed by atoms with van der Waals surface area (Å²) in [6, 6.07) is 8.22. The smallest absolute Gasteiger partial charge is 0.255 e. The lowest BCUT2D eigenvalue weighted by Crippen LogP contribution is -2.24. The molecule has 2 aromatic rings. The normalized spacial score (nSPS) is 11.3. The molecule has 8 heteroatoms. The number of benzene rings is 2. The van der Waals surface area contributed by atoms with Crippen molar-refractivity contribution >= 4 is 37.5 Å². The van der Waals surface area contributed by atoms with E-state index in [2.05, 4.69) is 26.0 Å². The number of methoxy groups -OCH3 is 1. The van der Waals surface area contributed by atoms with Crippen LogP contribution in [0.15, 0.2) is 39.7 Å². The number of nitrogens with one attached hydrogen (secondary N) is 2. The van der Waals surface area contributed by atoms with Gasteiger partial charge in [-0.05, 0) is 54.8 Å². The second-order valence-corrected chi connectivity index (χ2v) is 8.58. The zero-order chi connectivity index (χ0) is 20.2. The topological polar surface area (TPSA) is 84.5 Å². The van der Waals surface area contributed by atoms with E-state index in [4.69, 9.17) is 4.74 Å². The molecular weight excluding hydrogens is 432 g/mol. The van der Waals surface area contributed by atoms with Crippen molar-refractivity contribution in [3.63, 3.8) is 0 Å². The Kier molecular flexibility index (Phi) is 7.02. The molecule has 2 N–H and O–H groups in total. The molecule has 0 saturated carbocycles. The number of hydrogen-bond acceptors (Lipinski definition) is 4. The molecule has 0 spiro atoms. The predicted molar refractivity (Wildman–Crippen MR) is 110 cm³/mol. The van der Waals surface area contributed by atoms with Crippen molar-refractivity contribution in [2.45, 2.75) is 32.1 Å². The number of anilines is 1. The van der Waals surface area contributed by atoms with E-state index in [1.807, 2.05) is 26.0 Å². The number of sulfonamides is 1. The number of amides is 1. The zero-order valence-corrected chi connectivity index (χ0v) is 18.1. The average Bonchev–Trinajstić information content (AvgIpc) is 2.62. The summed E-state index contributed by atoms with van der Waals surface area (Å²) in [5.74, 6) is -0.202. The zero-order valence-electron chi connectivity index (χ0n) is 15.7. The summed E-state index contributed by atoms with van der Waals surface area (Å²) in [7, 11) is -2.38. The average molecular weight is 455 g/mol. The summed E-state index contributed by atoms with van der Waals surface area (Å²) < 4.78 is 33.3. The van der Waals surface area contributed by atoms with Crippen LogP contribution < -0.4 is 14.8 Å². The van der Waals surface area contributed by atoms with Crippen LogP contribution in [0.4, 0.5) is 5.69 Å². The second-order valence-electron chi connectivity index (χ2n) is 5.93. The molecule has 0 aliphatic carbocycles. The van der Waals surface area contributed by atoms with Crippen molar-refractivity contribution in [3.05, 3.63) is 51.5 Å². The molecule has 0 aliphatic rings. The van der Waals surface area contributed by atoms with E-state index in [9.17, 15) is 13.2 Å². The van der Waals surface area contributed by atoms with E-state index in [1.54, 1.807) is 13.0 Å². The molecule has 0 radical (unpaired) electrons. The van der Waals surface area contributed by atoms with Gasteiger partial charge in [-0.1, -0.05) is 29.8 Å². The number of carbonyl (C=O) groups excluding carboxylic acids is 1. The van der Waals surface area contributed by atoms with Gasteiger partial charge in [0.1, 0.15) is 10.6 Å². The van der Waals surface area contributed by atoms with Crippen LogP contribution >= 0.6 is 15.9 Å². The fourth-order valence-corrected chi connectivity index (χ4v) is 4.61. The molecule has 0 bridgehead atoms. The van der Waals surface area contributed by atoms with E-state index in [0.717, 1.165) is 27.7 Å². The van der Waals surface area contributed by atoms with Crippen LogP contribution in [0, 0.1) is 6.92 Å². The molecule has 6 nitrogen and oxygen atoms in total. The predicted octanol–water partition coefficient (Wildman–Crippen LogP) is 3.88. The Morgan fingerprint density at radius 1 is 1.19 bits per heavy atom. The Morgan fingerprint density at radius 3 is 2.48 bits per heavy atom. The van der Waals surface area contributed by atoms with E-state index in [0.29, 0.717) is 0 Å². The number of carbonyl (C=O) groups is 1. The lowest BCUT2D eigenvalue weighted by molar-refractivity contribution is 0.102. The van der Waals surface area contributed by atoms with Gasteiger partial charge in [-0.15, -0.1) is 0 Å². The molecule has 0 aliphatic heterocycles. The lowest BCUT2D eigenvalue weighted by atomic mass is 10.1. The van der Waals surface area contributed by atoms with Crippen molar-refractivity contribution in [2.75, 3.05) is 19.0 Å². The van der Waals surface area contributed by atoms with Crippen LogP contribution in [-0.2, 0) is 16.4 Å². The monoisotopic (exact) mass is 454 g/mol.